The molecule has 0 aromatic heterocycles. The average Bonchev–Trinajstić information content (AvgIpc) is 2.42. The summed E-state index contributed by atoms with van der Waals surface area (Å²) < 4.78 is 31.2. The SMILES string of the molecule is CCCCCCCCCCCCOS(=O)(=O)OCCO.[H-].[Na+]. The Morgan fingerprint density at radius 2 is 1.24 bits per heavy atom. The molecule has 0 heterocycles. The fourth-order valence-corrected chi connectivity index (χ4v) is 2.59. The van der Waals surface area contributed by atoms with Crippen LogP contribution in [0, 0.1) is 0 Å². The fourth-order valence-electron chi connectivity index (χ4n) is 1.92. The monoisotopic (exact) mass is 334 g/mol. The molecule has 1 N–H and O–H groups in total. The first kappa shape index (κ1) is 24.1. The molecule has 7 heteroatoms. The van der Waals surface area contributed by atoms with E-state index in [-0.39, 0.29) is 50.8 Å². The third-order valence-corrected chi connectivity index (χ3v) is 3.96. The Hall–Kier alpha value is 0.830. The van der Waals surface area contributed by atoms with Crippen LogP contribution in [0.5, 0.6) is 0 Å². The van der Waals surface area contributed by atoms with Crippen molar-refractivity contribution in [2.24, 2.45) is 0 Å². The Bertz CT molecular complexity index is 302. The number of hydrogen-bond donors (Lipinski definition) is 1. The van der Waals surface area contributed by atoms with Crippen LogP contribution in [0.3, 0.4) is 0 Å². The second-order valence-corrected chi connectivity index (χ2v) is 6.25. The Kier molecular flexibility index (Phi) is 19.7. The van der Waals surface area contributed by atoms with E-state index in [0.29, 0.717) is 0 Å². The van der Waals surface area contributed by atoms with E-state index in [0.717, 1.165) is 19.3 Å². The molecule has 0 aliphatic carbocycles. The van der Waals surface area contributed by atoms with Crippen LogP contribution in [0.1, 0.15) is 72.6 Å². The van der Waals surface area contributed by atoms with Gasteiger partial charge in [0, 0.05) is 0 Å². The van der Waals surface area contributed by atoms with Gasteiger partial charge in [-0.1, -0.05) is 64.7 Å². The van der Waals surface area contributed by atoms with E-state index >= 15 is 0 Å². The third-order valence-electron chi connectivity index (χ3n) is 3.04. The minimum absolute atomic E-state index is 0. The average molecular weight is 334 g/mol. The largest absolute Gasteiger partial charge is 1.00 e. The van der Waals surface area contributed by atoms with Crippen LogP contribution < -0.4 is 29.6 Å². The van der Waals surface area contributed by atoms with Crippen molar-refractivity contribution < 1.29 is 52.9 Å². The van der Waals surface area contributed by atoms with Gasteiger partial charge < -0.3 is 6.53 Å². The van der Waals surface area contributed by atoms with E-state index in [4.69, 9.17) is 5.11 Å². The molecule has 0 aliphatic heterocycles. The van der Waals surface area contributed by atoms with Crippen LogP contribution >= 0.6 is 0 Å². The molecule has 0 rings (SSSR count). The number of hydrogen-bond acceptors (Lipinski definition) is 5. The molecule has 0 spiro atoms. The van der Waals surface area contributed by atoms with Crippen molar-refractivity contribution in [2.45, 2.75) is 71.1 Å². The van der Waals surface area contributed by atoms with Gasteiger partial charge in [0.2, 0.25) is 0 Å². The van der Waals surface area contributed by atoms with Crippen molar-refractivity contribution in [3.8, 4) is 0 Å². The maximum atomic E-state index is 11.1. The maximum Gasteiger partial charge on any atom is 1.00 e. The van der Waals surface area contributed by atoms with E-state index in [2.05, 4.69) is 15.3 Å². The van der Waals surface area contributed by atoms with Crippen molar-refractivity contribution >= 4 is 10.4 Å². The molecule has 0 fully saturated rings. The Morgan fingerprint density at radius 1 is 0.810 bits per heavy atom. The first-order valence-electron chi connectivity index (χ1n) is 7.77. The molecule has 0 aromatic rings. The predicted molar refractivity (Wildman–Crippen MR) is 80.9 cm³/mol. The minimum Gasteiger partial charge on any atom is -1.00 e. The quantitative estimate of drug-likeness (QED) is 0.344. The summed E-state index contributed by atoms with van der Waals surface area (Å²) in [6.07, 6.45) is 11.9. The Morgan fingerprint density at radius 3 is 1.71 bits per heavy atom. The molecule has 0 saturated carbocycles. The molecule has 0 amide bonds. The first-order valence-corrected chi connectivity index (χ1v) is 9.10. The number of rotatable bonds is 15. The van der Waals surface area contributed by atoms with Gasteiger partial charge in [0.25, 0.3) is 0 Å². The molecule has 0 aromatic carbocycles. The van der Waals surface area contributed by atoms with Crippen LogP contribution in [0.2, 0.25) is 0 Å². The van der Waals surface area contributed by atoms with Crippen LogP contribution in [0.4, 0.5) is 0 Å². The Labute approximate surface area is 153 Å². The van der Waals surface area contributed by atoms with Gasteiger partial charge in [0.15, 0.2) is 0 Å². The topological polar surface area (TPSA) is 72.8 Å². The summed E-state index contributed by atoms with van der Waals surface area (Å²) in [5, 5.41) is 8.44. The van der Waals surface area contributed by atoms with Crippen molar-refractivity contribution in [3.63, 3.8) is 0 Å². The van der Waals surface area contributed by atoms with Gasteiger partial charge in [0.1, 0.15) is 0 Å². The van der Waals surface area contributed by atoms with Crippen LogP contribution in [0.25, 0.3) is 0 Å². The van der Waals surface area contributed by atoms with Gasteiger partial charge in [-0.2, -0.15) is 8.42 Å². The van der Waals surface area contributed by atoms with E-state index < -0.39 is 10.4 Å². The number of unbranched alkanes of at least 4 members (excludes halogenated alkanes) is 9. The van der Waals surface area contributed by atoms with Gasteiger partial charge in [-0.15, -0.1) is 0 Å². The number of aliphatic hydroxyl groups is 1. The van der Waals surface area contributed by atoms with Gasteiger partial charge in [-0.25, -0.2) is 8.37 Å². The van der Waals surface area contributed by atoms with Gasteiger partial charge >= 0.3 is 40.0 Å². The third kappa shape index (κ3) is 18.8. The molecule has 0 bridgehead atoms. The minimum atomic E-state index is -3.91. The summed E-state index contributed by atoms with van der Waals surface area (Å²) in [4.78, 5) is 0. The van der Waals surface area contributed by atoms with Crippen LogP contribution in [0.15, 0.2) is 0 Å². The molecule has 0 atom stereocenters. The zero-order valence-corrected chi connectivity index (χ0v) is 16.5. The van der Waals surface area contributed by atoms with Gasteiger partial charge in [-0.05, 0) is 6.42 Å². The zero-order chi connectivity index (χ0) is 15.1. The Balaban J connectivity index is -0.00000180. The zero-order valence-electron chi connectivity index (χ0n) is 14.7. The summed E-state index contributed by atoms with van der Waals surface area (Å²) in [7, 11) is -3.91. The molecule has 0 radical (unpaired) electrons. The van der Waals surface area contributed by atoms with E-state index in [9.17, 15) is 8.42 Å². The summed E-state index contributed by atoms with van der Waals surface area (Å²) in [5.41, 5.74) is 0. The molecular formula is C14H31NaO5S. The molecule has 21 heavy (non-hydrogen) atoms. The normalized spacial score (nSPS) is 11.3. The number of aliphatic hydroxyl groups excluding tert-OH is 1. The van der Waals surface area contributed by atoms with Gasteiger partial charge in [0.05, 0.1) is 19.8 Å². The molecule has 0 aliphatic rings. The molecule has 0 unspecified atom stereocenters. The summed E-state index contributed by atoms with van der Waals surface area (Å²) in [6, 6.07) is 0. The van der Waals surface area contributed by atoms with Crippen LogP contribution in [-0.4, -0.2) is 33.3 Å². The maximum absolute atomic E-state index is 11.1. The van der Waals surface area contributed by atoms with Crippen molar-refractivity contribution in [1.29, 1.82) is 0 Å². The van der Waals surface area contributed by atoms with Gasteiger partial charge in [-0.3, -0.25) is 0 Å². The second kappa shape index (κ2) is 17.2. The van der Waals surface area contributed by atoms with E-state index in [1.807, 2.05) is 0 Å². The van der Waals surface area contributed by atoms with Crippen molar-refractivity contribution in [2.75, 3.05) is 19.8 Å². The smallest absolute Gasteiger partial charge is 1.00 e. The molecule has 5 nitrogen and oxygen atoms in total. The van der Waals surface area contributed by atoms with Crippen molar-refractivity contribution in [3.05, 3.63) is 0 Å². The molecule has 124 valence electrons. The summed E-state index contributed by atoms with van der Waals surface area (Å²) >= 11 is 0. The molecular weight excluding hydrogens is 303 g/mol. The standard InChI is InChI=1S/C14H30O5S.Na.H/c1-2-3-4-5-6-7-8-9-10-11-13-18-20(16,17)19-14-12-15;;/h15H,2-14H2,1H3;;/q;+1;-1. The predicted octanol–water partition coefficient (Wildman–Crippen LogP) is 0.294. The van der Waals surface area contributed by atoms with Crippen LogP contribution in [-0.2, 0) is 18.8 Å². The first-order chi connectivity index (χ1) is 9.62. The van der Waals surface area contributed by atoms with Crippen molar-refractivity contribution in [1.82, 2.24) is 0 Å². The van der Waals surface area contributed by atoms with E-state index in [1.165, 1.54) is 44.9 Å². The summed E-state index contributed by atoms with van der Waals surface area (Å²) in [5.74, 6) is 0. The second-order valence-electron chi connectivity index (χ2n) is 4.96. The fraction of sp³-hybridized carbons (Fsp3) is 1.00. The summed E-state index contributed by atoms with van der Waals surface area (Å²) in [6.45, 7) is 1.79. The van der Waals surface area contributed by atoms with E-state index in [1.54, 1.807) is 0 Å². The molecule has 0 saturated heterocycles.